The van der Waals surface area contributed by atoms with Crippen LogP contribution < -0.4 is 10.1 Å². The fraction of sp³-hybridized carbons (Fsp3) is 0.200. The van der Waals surface area contributed by atoms with Gasteiger partial charge in [-0.3, -0.25) is 4.98 Å². The molecule has 1 aliphatic heterocycles. The van der Waals surface area contributed by atoms with Crippen LogP contribution >= 0.6 is 0 Å². The SMILES string of the molecule is COc1ccccc1C1C(C(=O)O)=C(C)NC(C)=C1c1cccnc1. The summed E-state index contributed by atoms with van der Waals surface area (Å²) >= 11 is 0. The largest absolute Gasteiger partial charge is 0.496 e. The van der Waals surface area contributed by atoms with Crippen LogP contribution in [0.5, 0.6) is 5.75 Å². The van der Waals surface area contributed by atoms with E-state index in [9.17, 15) is 9.90 Å². The minimum atomic E-state index is -0.949. The lowest BCUT2D eigenvalue weighted by Crippen LogP contribution is -2.27. The van der Waals surface area contributed by atoms with E-state index in [0.717, 1.165) is 22.4 Å². The molecule has 128 valence electrons. The number of rotatable bonds is 4. The average Bonchev–Trinajstić information content (AvgIpc) is 2.61. The lowest BCUT2D eigenvalue weighted by atomic mass is 9.77. The van der Waals surface area contributed by atoms with Gasteiger partial charge in [-0.15, -0.1) is 0 Å². The molecule has 25 heavy (non-hydrogen) atoms. The standard InChI is InChI=1S/C20H20N2O3/c1-12-17(14-7-6-10-21-11-14)19(18(20(23)24)13(2)22-12)15-8-4-5-9-16(15)25-3/h4-11,19,22H,1-3H3,(H,23,24). The Morgan fingerprint density at radius 3 is 2.56 bits per heavy atom. The zero-order valence-corrected chi connectivity index (χ0v) is 14.4. The second kappa shape index (κ2) is 6.81. The number of benzene rings is 1. The summed E-state index contributed by atoms with van der Waals surface area (Å²) in [5, 5.41) is 13.1. The molecule has 0 amide bonds. The van der Waals surface area contributed by atoms with Gasteiger partial charge in [0, 0.05) is 35.3 Å². The molecule has 0 fully saturated rings. The highest BCUT2D eigenvalue weighted by atomic mass is 16.5. The second-order valence-corrected chi connectivity index (χ2v) is 5.92. The molecule has 1 aromatic carbocycles. The summed E-state index contributed by atoms with van der Waals surface area (Å²) < 4.78 is 5.51. The topological polar surface area (TPSA) is 71.5 Å². The number of carboxylic acids is 1. The number of aromatic nitrogens is 1. The normalized spacial score (nSPS) is 17.3. The lowest BCUT2D eigenvalue weighted by Gasteiger charge is -2.31. The van der Waals surface area contributed by atoms with E-state index >= 15 is 0 Å². The number of nitrogens with zero attached hydrogens (tertiary/aromatic N) is 1. The molecular weight excluding hydrogens is 316 g/mol. The number of allylic oxidation sites excluding steroid dienone is 3. The van der Waals surface area contributed by atoms with Gasteiger partial charge < -0.3 is 15.2 Å². The summed E-state index contributed by atoms with van der Waals surface area (Å²) in [5.74, 6) is -0.732. The van der Waals surface area contributed by atoms with Crippen molar-refractivity contribution >= 4 is 11.5 Å². The van der Waals surface area contributed by atoms with Gasteiger partial charge in [0.15, 0.2) is 0 Å². The van der Waals surface area contributed by atoms with E-state index in [2.05, 4.69) is 10.3 Å². The number of pyridine rings is 1. The number of methoxy groups -OCH3 is 1. The lowest BCUT2D eigenvalue weighted by molar-refractivity contribution is -0.132. The van der Waals surface area contributed by atoms with Crippen LogP contribution in [0.1, 0.15) is 30.9 Å². The van der Waals surface area contributed by atoms with Crippen LogP contribution in [-0.4, -0.2) is 23.2 Å². The molecule has 2 aromatic rings. The van der Waals surface area contributed by atoms with Gasteiger partial charge in [-0.2, -0.15) is 0 Å². The zero-order valence-electron chi connectivity index (χ0n) is 14.4. The van der Waals surface area contributed by atoms with Crippen molar-refractivity contribution in [2.45, 2.75) is 19.8 Å². The van der Waals surface area contributed by atoms with Gasteiger partial charge in [-0.05, 0) is 37.1 Å². The third-order valence-corrected chi connectivity index (χ3v) is 4.41. The van der Waals surface area contributed by atoms with E-state index in [1.807, 2.05) is 43.3 Å². The molecule has 1 unspecified atom stereocenters. The van der Waals surface area contributed by atoms with E-state index in [-0.39, 0.29) is 0 Å². The zero-order chi connectivity index (χ0) is 18.0. The number of nitrogens with one attached hydrogen (secondary N) is 1. The number of para-hydroxylation sites is 1. The van der Waals surface area contributed by atoms with Crippen molar-refractivity contribution in [2.24, 2.45) is 0 Å². The monoisotopic (exact) mass is 336 g/mol. The Morgan fingerprint density at radius 2 is 1.92 bits per heavy atom. The maximum Gasteiger partial charge on any atom is 0.334 e. The molecular formula is C20H20N2O3. The Morgan fingerprint density at radius 1 is 1.16 bits per heavy atom. The number of hydrogen-bond donors (Lipinski definition) is 2. The first-order valence-electron chi connectivity index (χ1n) is 7.99. The van der Waals surface area contributed by atoms with Crippen molar-refractivity contribution in [1.29, 1.82) is 0 Å². The van der Waals surface area contributed by atoms with Crippen LogP contribution in [0, 0.1) is 0 Å². The van der Waals surface area contributed by atoms with Crippen LogP contribution in [0.25, 0.3) is 5.57 Å². The van der Waals surface area contributed by atoms with Crippen LogP contribution in [-0.2, 0) is 4.79 Å². The summed E-state index contributed by atoms with van der Waals surface area (Å²) in [5.41, 5.74) is 4.45. The Labute approximate surface area is 146 Å². The maximum absolute atomic E-state index is 12.1. The molecule has 5 heteroatoms. The Bertz CT molecular complexity index is 870. The van der Waals surface area contributed by atoms with Crippen molar-refractivity contribution in [3.8, 4) is 5.75 Å². The number of dihydropyridines is 1. The van der Waals surface area contributed by atoms with Gasteiger partial charge in [-0.25, -0.2) is 4.79 Å². The number of aliphatic carboxylic acids is 1. The molecule has 5 nitrogen and oxygen atoms in total. The molecule has 1 aliphatic rings. The predicted molar refractivity (Wildman–Crippen MR) is 96.0 cm³/mol. The molecule has 2 N–H and O–H groups in total. The number of carboxylic acid groups (broad SMARTS) is 1. The molecule has 0 saturated carbocycles. The van der Waals surface area contributed by atoms with E-state index in [1.165, 1.54) is 0 Å². The third kappa shape index (κ3) is 3.01. The minimum Gasteiger partial charge on any atom is -0.496 e. The van der Waals surface area contributed by atoms with Crippen molar-refractivity contribution < 1.29 is 14.6 Å². The molecule has 0 aliphatic carbocycles. The van der Waals surface area contributed by atoms with Crippen LogP contribution in [0.2, 0.25) is 0 Å². The molecule has 2 heterocycles. The first-order chi connectivity index (χ1) is 12.0. The predicted octanol–water partition coefficient (Wildman–Crippen LogP) is 3.57. The van der Waals surface area contributed by atoms with E-state index in [0.29, 0.717) is 17.0 Å². The third-order valence-electron chi connectivity index (χ3n) is 4.41. The minimum absolute atomic E-state index is 0.314. The van der Waals surface area contributed by atoms with Gasteiger partial charge in [-0.1, -0.05) is 24.3 Å². The van der Waals surface area contributed by atoms with Crippen molar-refractivity contribution in [3.63, 3.8) is 0 Å². The van der Waals surface area contributed by atoms with Gasteiger partial charge in [0.1, 0.15) is 5.75 Å². The van der Waals surface area contributed by atoms with Crippen molar-refractivity contribution in [3.05, 3.63) is 76.9 Å². The Hall–Kier alpha value is -3.08. The number of hydrogen-bond acceptors (Lipinski definition) is 4. The molecule has 3 rings (SSSR count). The first kappa shape index (κ1) is 16.8. The highest BCUT2D eigenvalue weighted by Gasteiger charge is 2.35. The van der Waals surface area contributed by atoms with E-state index in [4.69, 9.17) is 4.74 Å². The van der Waals surface area contributed by atoms with Crippen LogP contribution in [0.3, 0.4) is 0 Å². The molecule has 0 bridgehead atoms. The highest BCUT2D eigenvalue weighted by Crippen LogP contribution is 2.45. The summed E-state index contributed by atoms with van der Waals surface area (Å²) in [6, 6.07) is 11.3. The quantitative estimate of drug-likeness (QED) is 0.893. The summed E-state index contributed by atoms with van der Waals surface area (Å²) in [6.45, 7) is 3.74. The van der Waals surface area contributed by atoms with Crippen molar-refractivity contribution in [1.82, 2.24) is 10.3 Å². The average molecular weight is 336 g/mol. The molecule has 0 spiro atoms. The van der Waals surface area contributed by atoms with E-state index in [1.54, 1.807) is 26.4 Å². The van der Waals surface area contributed by atoms with Crippen LogP contribution in [0.15, 0.2) is 65.8 Å². The maximum atomic E-state index is 12.1. The Balaban J connectivity index is 2.29. The first-order valence-corrected chi connectivity index (χ1v) is 7.99. The number of carbonyl (C=O) groups is 1. The van der Waals surface area contributed by atoms with Gasteiger partial charge in [0.2, 0.25) is 0 Å². The fourth-order valence-corrected chi connectivity index (χ4v) is 3.40. The molecule has 1 atom stereocenters. The Kier molecular flexibility index (Phi) is 4.57. The summed E-state index contributed by atoms with van der Waals surface area (Å²) in [6.07, 6.45) is 3.45. The van der Waals surface area contributed by atoms with E-state index < -0.39 is 11.9 Å². The molecule has 0 radical (unpaired) electrons. The molecule has 1 aromatic heterocycles. The smallest absolute Gasteiger partial charge is 0.334 e. The van der Waals surface area contributed by atoms with Gasteiger partial charge in [0.05, 0.1) is 12.7 Å². The van der Waals surface area contributed by atoms with Crippen molar-refractivity contribution in [2.75, 3.05) is 7.11 Å². The van der Waals surface area contributed by atoms with Gasteiger partial charge >= 0.3 is 5.97 Å². The molecule has 0 saturated heterocycles. The number of ether oxygens (including phenoxy) is 1. The summed E-state index contributed by atoms with van der Waals surface area (Å²) in [4.78, 5) is 16.3. The van der Waals surface area contributed by atoms with Gasteiger partial charge in [0.25, 0.3) is 0 Å². The summed E-state index contributed by atoms with van der Waals surface area (Å²) in [7, 11) is 1.59. The fourth-order valence-electron chi connectivity index (χ4n) is 3.40. The van der Waals surface area contributed by atoms with Crippen LogP contribution in [0.4, 0.5) is 0 Å². The highest BCUT2D eigenvalue weighted by molar-refractivity contribution is 5.96. The second-order valence-electron chi connectivity index (χ2n) is 5.92.